The lowest BCUT2D eigenvalue weighted by atomic mass is 9.75. The minimum Gasteiger partial charge on any atom is -0.444 e. The zero-order valence-corrected chi connectivity index (χ0v) is 21.7. The van der Waals surface area contributed by atoms with E-state index in [9.17, 15) is 27.6 Å². The Kier molecular flexibility index (Phi) is 8.79. The van der Waals surface area contributed by atoms with Crippen LogP contribution in [0.1, 0.15) is 76.8 Å². The van der Waals surface area contributed by atoms with Crippen molar-refractivity contribution in [2.75, 3.05) is 0 Å². The Bertz CT molecular complexity index is 1080. The quantitative estimate of drug-likeness (QED) is 0.477. The van der Waals surface area contributed by atoms with Gasteiger partial charge in [0, 0.05) is 24.1 Å². The topological polar surface area (TPSA) is 130 Å². The molecule has 12 heteroatoms. The van der Waals surface area contributed by atoms with E-state index in [1.807, 2.05) is 0 Å². The first-order valence-corrected chi connectivity index (χ1v) is 12.6. The van der Waals surface area contributed by atoms with Crippen molar-refractivity contribution >= 4 is 17.9 Å². The van der Waals surface area contributed by atoms with E-state index >= 15 is 0 Å². The standard InChI is InChI=1S/C26H33F3N4O5/c1-24(2,3)38-23(36)33-25(11-4-12-25)22(35)32-19-9-7-17(8-10-19)21(34)31-15-18-6-5-16(14-30)13-20(18)37-26(27,28)29/h5-6,13,17,19H,4,7-12,15H2,1-3H3,(H,31,34)(H,32,35)(H,33,36)/t17-,19+. The first kappa shape index (κ1) is 29.1. The SMILES string of the molecule is CC(C)(C)OC(=O)NC1(C(=O)N[C@H]2CC[C@@H](C(=O)NCc3ccc(C#N)cc3OC(F)(F)F)CC2)CCC1. The van der Waals surface area contributed by atoms with Crippen LogP contribution in [0.15, 0.2) is 18.2 Å². The van der Waals surface area contributed by atoms with Crippen LogP contribution in [0, 0.1) is 17.2 Å². The molecule has 9 nitrogen and oxygen atoms in total. The number of nitrogens with zero attached hydrogens (tertiary/aromatic N) is 1. The Hall–Kier alpha value is -3.49. The highest BCUT2D eigenvalue weighted by Gasteiger charge is 2.47. The molecule has 0 atom stereocenters. The molecule has 0 aromatic heterocycles. The lowest BCUT2D eigenvalue weighted by Gasteiger charge is -2.42. The number of nitriles is 1. The van der Waals surface area contributed by atoms with Crippen LogP contribution in [-0.2, 0) is 20.9 Å². The lowest BCUT2D eigenvalue weighted by Crippen LogP contribution is -2.64. The van der Waals surface area contributed by atoms with Gasteiger partial charge < -0.3 is 25.4 Å². The zero-order chi connectivity index (χ0) is 28.1. The van der Waals surface area contributed by atoms with Crippen LogP contribution < -0.4 is 20.7 Å². The van der Waals surface area contributed by atoms with E-state index in [-0.39, 0.29) is 41.4 Å². The molecule has 0 spiro atoms. The number of alkyl halides is 3. The number of hydrogen-bond acceptors (Lipinski definition) is 6. The fraction of sp³-hybridized carbons (Fsp3) is 0.615. The molecule has 0 unspecified atom stereocenters. The number of halogens is 3. The second-order valence-corrected chi connectivity index (χ2v) is 10.8. The highest BCUT2D eigenvalue weighted by molar-refractivity contribution is 5.91. The molecular weight excluding hydrogens is 505 g/mol. The van der Waals surface area contributed by atoms with Gasteiger partial charge in [-0.25, -0.2) is 4.79 Å². The van der Waals surface area contributed by atoms with E-state index in [2.05, 4.69) is 20.7 Å². The highest BCUT2D eigenvalue weighted by Crippen LogP contribution is 2.34. The number of ether oxygens (including phenoxy) is 2. The second-order valence-electron chi connectivity index (χ2n) is 10.8. The summed E-state index contributed by atoms with van der Waals surface area (Å²) in [4.78, 5) is 37.9. The van der Waals surface area contributed by atoms with Crippen LogP contribution >= 0.6 is 0 Å². The van der Waals surface area contributed by atoms with Gasteiger partial charge in [0.25, 0.3) is 0 Å². The number of alkyl carbamates (subject to hydrolysis) is 1. The molecule has 2 aliphatic carbocycles. The molecule has 0 aliphatic heterocycles. The van der Waals surface area contributed by atoms with Crippen molar-refractivity contribution in [3.8, 4) is 11.8 Å². The van der Waals surface area contributed by atoms with Crippen LogP contribution in [0.25, 0.3) is 0 Å². The normalized spacial score (nSPS) is 20.8. The minimum absolute atomic E-state index is 0.00433. The Labute approximate surface area is 219 Å². The highest BCUT2D eigenvalue weighted by atomic mass is 19.4. The molecule has 0 saturated heterocycles. The Balaban J connectivity index is 1.49. The summed E-state index contributed by atoms with van der Waals surface area (Å²) in [5.41, 5.74) is -1.57. The summed E-state index contributed by atoms with van der Waals surface area (Å²) in [5.74, 6) is -1.46. The van der Waals surface area contributed by atoms with Gasteiger partial charge in [0.2, 0.25) is 11.8 Å². The number of benzene rings is 1. The fourth-order valence-corrected chi connectivity index (χ4v) is 4.58. The number of rotatable bonds is 7. The molecule has 2 aliphatic rings. The molecule has 0 radical (unpaired) electrons. The van der Waals surface area contributed by atoms with E-state index in [0.29, 0.717) is 38.5 Å². The van der Waals surface area contributed by atoms with Gasteiger partial charge in [0.05, 0.1) is 11.6 Å². The largest absolute Gasteiger partial charge is 0.573 e. The molecule has 3 amide bonds. The van der Waals surface area contributed by atoms with Crippen LogP contribution in [0.4, 0.5) is 18.0 Å². The first-order valence-electron chi connectivity index (χ1n) is 12.6. The van der Waals surface area contributed by atoms with E-state index in [1.165, 1.54) is 12.1 Å². The van der Waals surface area contributed by atoms with E-state index < -0.39 is 29.3 Å². The van der Waals surface area contributed by atoms with Crippen LogP contribution in [0.3, 0.4) is 0 Å². The molecule has 2 fully saturated rings. The number of nitrogens with one attached hydrogen (secondary N) is 3. The van der Waals surface area contributed by atoms with E-state index in [4.69, 9.17) is 10.00 Å². The number of hydrogen-bond donors (Lipinski definition) is 3. The second kappa shape index (κ2) is 11.5. The maximum Gasteiger partial charge on any atom is 0.573 e. The number of carbonyl (C=O) groups excluding carboxylic acids is 3. The Morgan fingerprint density at radius 2 is 1.76 bits per heavy atom. The smallest absolute Gasteiger partial charge is 0.444 e. The molecule has 3 rings (SSSR count). The third-order valence-corrected chi connectivity index (χ3v) is 6.69. The monoisotopic (exact) mass is 538 g/mol. The number of amides is 3. The van der Waals surface area contributed by atoms with E-state index in [0.717, 1.165) is 12.5 Å². The molecule has 1 aromatic rings. The third kappa shape index (κ3) is 8.00. The van der Waals surface area contributed by atoms with Crippen molar-refractivity contribution < 1.29 is 37.0 Å². The zero-order valence-electron chi connectivity index (χ0n) is 21.7. The van der Waals surface area contributed by atoms with Crippen molar-refractivity contribution in [3.05, 3.63) is 29.3 Å². The molecule has 208 valence electrons. The lowest BCUT2D eigenvalue weighted by molar-refractivity contribution is -0.274. The van der Waals surface area contributed by atoms with Crippen LogP contribution in [0.5, 0.6) is 5.75 Å². The van der Waals surface area contributed by atoms with Gasteiger partial charge in [-0.3, -0.25) is 9.59 Å². The molecule has 1 aromatic carbocycles. The Morgan fingerprint density at radius 3 is 2.29 bits per heavy atom. The third-order valence-electron chi connectivity index (χ3n) is 6.69. The summed E-state index contributed by atoms with van der Waals surface area (Å²) in [6.07, 6.45) is -1.65. The maximum atomic E-state index is 13.0. The summed E-state index contributed by atoms with van der Waals surface area (Å²) in [5, 5.41) is 17.3. The van der Waals surface area contributed by atoms with Gasteiger partial charge in [-0.15, -0.1) is 13.2 Å². The summed E-state index contributed by atoms with van der Waals surface area (Å²) in [6, 6.07) is 5.25. The van der Waals surface area contributed by atoms with Crippen molar-refractivity contribution in [2.24, 2.45) is 5.92 Å². The average Bonchev–Trinajstić information content (AvgIpc) is 2.78. The van der Waals surface area contributed by atoms with Gasteiger partial charge in [0.1, 0.15) is 16.9 Å². The van der Waals surface area contributed by atoms with Crippen molar-refractivity contribution in [3.63, 3.8) is 0 Å². The Morgan fingerprint density at radius 1 is 1.11 bits per heavy atom. The van der Waals surface area contributed by atoms with Gasteiger partial charge in [-0.1, -0.05) is 6.07 Å². The van der Waals surface area contributed by atoms with Crippen molar-refractivity contribution in [1.82, 2.24) is 16.0 Å². The summed E-state index contributed by atoms with van der Waals surface area (Å²) in [7, 11) is 0. The van der Waals surface area contributed by atoms with Gasteiger partial charge in [-0.05, 0) is 77.8 Å². The predicted octanol–water partition coefficient (Wildman–Crippen LogP) is 4.20. The van der Waals surface area contributed by atoms with Crippen LogP contribution in [-0.4, -0.2) is 41.5 Å². The fourth-order valence-electron chi connectivity index (χ4n) is 4.58. The van der Waals surface area contributed by atoms with E-state index in [1.54, 1.807) is 26.8 Å². The minimum atomic E-state index is -4.93. The number of carbonyl (C=O) groups is 3. The van der Waals surface area contributed by atoms with Crippen LogP contribution in [0.2, 0.25) is 0 Å². The molecule has 0 heterocycles. The van der Waals surface area contributed by atoms with Gasteiger partial charge in [0.15, 0.2) is 0 Å². The first-order chi connectivity index (χ1) is 17.7. The summed E-state index contributed by atoms with van der Waals surface area (Å²) >= 11 is 0. The van der Waals surface area contributed by atoms with Crippen molar-refractivity contribution in [1.29, 1.82) is 5.26 Å². The predicted molar refractivity (Wildman–Crippen MR) is 130 cm³/mol. The molecule has 38 heavy (non-hydrogen) atoms. The van der Waals surface area contributed by atoms with Crippen molar-refractivity contribution in [2.45, 2.75) is 95.8 Å². The molecule has 0 bridgehead atoms. The molecule has 2 saturated carbocycles. The summed E-state index contributed by atoms with van der Waals surface area (Å²) < 4.78 is 47.6. The van der Waals surface area contributed by atoms with Gasteiger partial charge in [-0.2, -0.15) is 5.26 Å². The molecular formula is C26H33F3N4O5. The maximum absolute atomic E-state index is 13.0. The molecule has 3 N–H and O–H groups in total. The van der Waals surface area contributed by atoms with Gasteiger partial charge >= 0.3 is 12.5 Å². The summed E-state index contributed by atoms with van der Waals surface area (Å²) in [6.45, 7) is 5.04. The average molecular weight is 539 g/mol.